The summed E-state index contributed by atoms with van der Waals surface area (Å²) in [4.78, 5) is 35.9. The molecule has 0 aliphatic heterocycles. The fourth-order valence-corrected chi connectivity index (χ4v) is 2.27. The van der Waals surface area contributed by atoms with E-state index < -0.39 is 11.4 Å². The first-order valence-electron chi connectivity index (χ1n) is 7.74. The van der Waals surface area contributed by atoms with Crippen molar-refractivity contribution in [3.8, 4) is 5.75 Å². The molecule has 0 radical (unpaired) electrons. The van der Waals surface area contributed by atoms with Crippen LogP contribution in [0.5, 0.6) is 5.75 Å². The van der Waals surface area contributed by atoms with Crippen LogP contribution in [0.15, 0.2) is 45.6 Å². The number of benzene rings is 1. The van der Waals surface area contributed by atoms with E-state index in [4.69, 9.17) is 13.9 Å². The maximum atomic E-state index is 12.4. The second-order valence-electron chi connectivity index (χ2n) is 5.39. The smallest absolute Gasteiger partial charge is 0.351 e. The Balaban J connectivity index is 2.21. The first-order valence-corrected chi connectivity index (χ1v) is 7.74. The molecule has 0 bridgehead atoms. The van der Waals surface area contributed by atoms with Gasteiger partial charge in [0.2, 0.25) is 5.91 Å². The lowest BCUT2D eigenvalue weighted by Crippen LogP contribution is -2.17. The van der Waals surface area contributed by atoms with Crippen molar-refractivity contribution in [2.75, 3.05) is 26.1 Å². The Labute approximate surface area is 150 Å². The van der Waals surface area contributed by atoms with E-state index >= 15 is 0 Å². The average Bonchev–Trinajstić information content (AvgIpc) is 2.59. The summed E-state index contributed by atoms with van der Waals surface area (Å²) >= 11 is 0. The minimum absolute atomic E-state index is 0.0540. The van der Waals surface area contributed by atoms with Gasteiger partial charge < -0.3 is 19.2 Å². The average molecular weight is 357 g/mol. The van der Waals surface area contributed by atoms with E-state index in [0.717, 1.165) is 0 Å². The fraction of sp³-hybridized carbons (Fsp3) is 0.211. The Kier molecular flexibility index (Phi) is 6.46. The van der Waals surface area contributed by atoms with Gasteiger partial charge in [-0.3, -0.25) is 9.59 Å². The highest BCUT2D eigenvalue weighted by atomic mass is 16.5. The summed E-state index contributed by atoms with van der Waals surface area (Å²) in [6.45, 7) is 1.54. The first kappa shape index (κ1) is 19.1. The lowest BCUT2D eigenvalue weighted by molar-refractivity contribution is -0.119. The molecule has 0 unspecified atom stereocenters. The zero-order valence-corrected chi connectivity index (χ0v) is 14.7. The maximum absolute atomic E-state index is 12.4. The summed E-state index contributed by atoms with van der Waals surface area (Å²) < 4.78 is 14.8. The maximum Gasteiger partial charge on any atom is 0.351 e. The van der Waals surface area contributed by atoms with E-state index in [1.807, 2.05) is 0 Å². The van der Waals surface area contributed by atoms with E-state index in [2.05, 4.69) is 5.32 Å². The number of aryl methyl sites for hydroxylation is 1. The van der Waals surface area contributed by atoms with Crippen LogP contribution in [0.25, 0.3) is 6.08 Å². The van der Waals surface area contributed by atoms with E-state index in [1.54, 1.807) is 31.2 Å². The predicted octanol–water partition coefficient (Wildman–Crippen LogP) is 2.44. The zero-order chi connectivity index (χ0) is 19.1. The number of hydrogen-bond acceptors (Lipinski definition) is 6. The Morgan fingerprint density at radius 2 is 2.00 bits per heavy atom. The van der Waals surface area contributed by atoms with Crippen molar-refractivity contribution < 1.29 is 23.5 Å². The second-order valence-corrected chi connectivity index (χ2v) is 5.39. The van der Waals surface area contributed by atoms with Gasteiger partial charge in [0.25, 0.3) is 0 Å². The molecule has 26 heavy (non-hydrogen) atoms. The Morgan fingerprint density at radius 1 is 1.23 bits per heavy atom. The van der Waals surface area contributed by atoms with Crippen LogP contribution in [0.2, 0.25) is 0 Å². The predicted molar refractivity (Wildman–Crippen MR) is 96.6 cm³/mol. The van der Waals surface area contributed by atoms with Crippen LogP contribution >= 0.6 is 0 Å². The number of anilines is 1. The van der Waals surface area contributed by atoms with Crippen molar-refractivity contribution >= 4 is 23.5 Å². The van der Waals surface area contributed by atoms with Crippen LogP contribution in [0.4, 0.5) is 5.69 Å². The number of rotatable bonds is 7. The second kappa shape index (κ2) is 8.77. The van der Waals surface area contributed by atoms with Crippen LogP contribution in [-0.2, 0) is 9.53 Å². The van der Waals surface area contributed by atoms with Crippen LogP contribution in [0.3, 0.4) is 0 Å². The molecular weight excluding hydrogens is 338 g/mol. The Bertz CT molecular complexity index is 897. The summed E-state index contributed by atoms with van der Waals surface area (Å²) in [5.74, 6) is -0.308. The molecule has 1 amide bonds. The van der Waals surface area contributed by atoms with E-state index in [9.17, 15) is 14.4 Å². The van der Waals surface area contributed by atoms with E-state index in [0.29, 0.717) is 17.0 Å². The van der Waals surface area contributed by atoms with Crippen molar-refractivity contribution in [3.05, 3.63) is 63.7 Å². The molecular formula is C19H19NO6. The number of allylic oxidation sites excluding steroid dienone is 1. The van der Waals surface area contributed by atoms with Gasteiger partial charge in [0.15, 0.2) is 5.78 Å². The number of hydrogen-bond donors (Lipinski definition) is 1. The first-order chi connectivity index (χ1) is 12.4. The summed E-state index contributed by atoms with van der Waals surface area (Å²) in [5.41, 5.74) is 0.314. The van der Waals surface area contributed by atoms with Crippen LogP contribution in [0, 0.1) is 6.92 Å². The molecule has 1 aromatic heterocycles. The molecule has 7 heteroatoms. The topological polar surface area (TPSA) is 94.8 Å². The van der Waals surface area contributed by atoms with Crippen LogP contribution < -0.4 is 15.7 Å². The monoisotopic (exact) mass is 357 g/mol. The van der Waals surface area contributed by atoms with Gasteiger partial charge in [-0.05, 0) is 30.7 Å². The third-order valence-corrected chi connectivity index (χ3v) is 3.38. The van der Waals surface area contributed by atoms with Crippen LogP contribution in [0.1, 0.15) is 21.7 Å². The number of carbonyl (C=O) groups excluding carboxylic acids is 2. The molecule has 0 atom stereocenters. The summed E-state index contributed by atoms with van der Waals surface area (Å²) in [6, 6.07) is 8.36. The van der Waals surface area contributed by atoms with Crippen molar-refractivity contribution in [1.29, 1.82) is 0 Å². The molecule has 0 saturated carbocycles. The molecule has 0 aliphatic rings. The van der Waals surface area contributed by atoms with Crippen molar-refractivity contribution in [2.24, 2.45) is 0 Å². The normalized spacial score (nSPS) is 10.7. The number of methoxy groups -OCH3 is 2. The Hall–Kier alpha value is -3.19. The highest BCUT2D eigenvalue weighted by Gasteiger charge is 2.17. The SMILES string of the molecule is COCC(=O)Nc1cccc(C=CC(=O)c2c(OC)cc(C)oc2=O)c1. The van der Waals surface area contributed by atoms with Gasteiger partial charge in [0.1, 0.15) is 23.7 Å². The molecule has 1 heterocycles. The van der Waals surface area contributed by atoms with E-state index in [1.165, 1.54) is 32.4 Å². The highest BCUT2D eigenvalue weighted by Crippen LogP contribution is 2.18. The standard InChI is InChI=1S/C19H19NO6/c1-12-9-16(25-3)18(19(23)26-12)15(21)8-7-13-5-4-6-14(10-13)20-17(22)11-24-2/h4-10H,11H2,1-3H3,(H,20,22). The van der Waals surface area contributed by atoms with Crippen molar-refractivity contribution in [3.63, 3.8) is 0 Å². The number of carbonyl (C=O) groups is 2. The Morgan fingerprint density at radius 3 is 2.69 bits per heavy atom. The van der Waals surface area contributed by atoms with Gasteiger partial charge in [-0.2, -0.15) is 0 Å². The number of amides is 1. The van der Waals surface area contributed by atoms with Gasteiger partial charge in [-0.1, -0.05) is 18.2 Å². The van der Waals surface area contributed by atoms with Crippen LogP contribution in [-0.4, -0.2) is 32.5 Å². The molecule has 1 aromatic carbocycles. The molecule has 0 saturated heterocycles. The molecule has 7 nitrogen and oxygen atoms in total. The molecule has 0 fully saturated rings. The molecule has 2 aromatic rings. The lowest BCUT2D eigenvalue weighted by Gasteiger charge is -2.06. The highest BCUT2D eigenvalue weighted by molar-refractivity contribution is 6.08. The minimum Gasteiger partial charge on any atom is -0.496 e. The van der Waals surface area contributed by atoms with Gasteiger partial charge >= 0.3 is 5.63 Å². The molecule has 0 aliphatic carbocycles. The fourth-order valence-electron chi connectivity index (χ4n) is 2.27. The molecule has 2 rings (SSSR count). The molecule has 0 spiro atoms. The third kappa shape index (κ3) is 4.90. The third-order valence-electron chi connectivity index (χ3n) is 3.38. The van der Waals surface area contributed by atoms with Crippen molar-refractivity contribution in [2.45, 2.75) is 6.92 Å². The number of nitrogens with one attached hydrogen (secondary N) is 1. The zero-order valence-electron chi connectivity index (χ0n) is 14.7. The lowest BCUT2D eigenvalue weighted by atomic mass is 10.1. The number of ketones is 1. The summed E-state index contributed by atoms with van der Waals surface area (Å²) in [5, 5.41) is 2.67. The largest absolute Gasteiger partial charge is 0.496 e. The summed E-state index contributed by atoms with van der Waals surface area (Å²) in [6.07, 6.45) is 2.78. The summed E-state index contributed by atoms with van der Waals surface area (Å²) in [7, 11) is 2.81. The quantitative estimate of drug-likeness (QED) is 0.604. The van der Waals surface area contributed by atoms with Gasteiger partial charge in [0.05, 0.1) is 7.11 Å². The molecule has 1 N–H and O–H groups in total. The molecule has 136 valence electrons. The van der Waals surface area contributed by atoms with Gasteiger partial charge in [0, 0.05) is 18.9 Å². The minimum atomic E-state index is -0.753. The van der Waals surface area contributed by atoms with Gasteiger partial charge in [-0.25, -0.2) is 4.79 Å². The van der Waals surface area contributed by atoms with E-state index in [-0.39, 0.29) is 23.8 Å². The van der Waals surface area contributed by atoms with Gasteiger partial charge in [-0.15, -0.1) is 0 Å². The number of ether oxygens (including phenoxy) is 2. The van der Waals surface area contributed by atoms with Crippen molar-refractivity contribution in [1.82, 2.24) is 0 Å².